The summed E-state index contributed by atoms with van der Waals surface area (Å²) in [6, 6.07) is 6.85. The van der Waals surface area contributed by atoms with Crippen LogP contribution >= 0.6 is 0 Å². The van der Waals surface area contributed by atoms with Crippen LogP contribution in [-0.2, 0) is 19.5 Å². The largest absolute Gasteiger partial charge is 0.494 e. The van der Waals surface area contributed by atoms with Crippen LogP contribution in [0.15, 0.2) is 24.3 Å². The van der Waals surface area contributed by atoms with E-state index in [1.165, 1.54) is 13.2 Å². The molecule has 0 unspecified atom stereocenters. The van der Waals surface area contributed by atoms with Crippen LogP contribution in [0.5, 0.6) is 5.75 Å². The van der Waals surface area contributed by atoms with E-state index >= 15 is 0 Å². The van der Waals surface area contributed by atoms with Gasteiger partial charge in [0.05, 0.1) is 25.0 Å². The second-order valence-corrected chi connectivity index (χ2v) is 4.50. The molecule has 0 saturated carbocycles. The van der Waals surface area contributed by atoms with E-state index in [-0.39, 0.29) is 11.6 Å². The molecule has 1 heterocycles. The second kappa shape index (κ2) is 6.41. The minimum atomic E-state index is -0.357. The molecule has 1 aromatic carbocycles. The Kier molecular flexibility index (Phi) is 4.61. The van der Waals surface area contributed by atoms with Crippen molar-refractivity contribution >= 4 is 5.69 Å². The first kappa shape index (κ1) is 14.4. The van der Waals surface area contributed by atoms with Gasteiger partial charge in [0.15, 0.2) is 11.6 Å². The van der Waals surface area contributed by atoms with Crippen molar-refractivity contribution in [3.05, 3.63) is 41.5 Å². The molecule has 108 valence electrons. The second-order valence-electron chi connectivity index (χ2n) is 4.50. The molecule has 2 rings (SSSR count). The molecule has 0 amide bonds. The molecule has 5 heteroatoms. The van der Waals surface area contributed by atoms with Crippen molar-refractivity contribution in [3.8, 4) is 5.75 Å². The van der Waals surface area contributed by atoms with Gasteiger partial charge in [-0.3, -0.25) is 4.68 Å². The highest BCUT2D eigenvalue weighted by Gasteiger charge is 2.07. The first-order chi connectivity index (χ1) is 9.67. The highest BCUT2D eigenvalue weighted by molar-refractivity contribution is 5.49. The van der Waals surface area contributed by atoms with Gasteiger partial charge in [-0.05, 0) is 31.5 Å². The zero-order chi connectivity index (χ0) is 14.5. The van der Waals surface area contributed by atoms with Crippen LogP contribution in [0.25, 0.3) is 0 Å². The molecule has 0 aliphatic carbocycles. The Morgan fingerprint density at radius 1 is 1.30 bits per heavy atom. The summed E-state index contributed by atoms with van der Waals surface area (Å²) in [7, 11) is 1.46. The fraction of sp³-hybridized carbons (Fsp3) is 0.400. The van der Waals surface area contributed by atoms with Gasteiger partial charge >= 0.3 is 0 Å². The van der Waals surface area contributed by atoms with Crippen LogP contribution in [-0.4, -0.2) is 16.9 Å². The van der Waals surface area contributed by atoms with E-state index < -0.39 is 0 Å². The van der Waals surface area contributed by atoms with E-state index in [0.29, 0.717) is 6.54 Å². The summed E-state index contributed by atoms with van der Waals surface area (Å²) >= 11 is 0. The van der Waals surface area contributed by atoms with Gasteiger partial charge in [0.2, 0.25) is 0 Å². The maximum atomic E-state index is 13.3. The van der Waals surface area contributed by atoms with Crippen LogP contribution < -0.4 is 10.1 Å². The van der Waals surface area contributed by atoms with E-state index in [4.69, 9.17) is 4.74 Å². The third-order valence-electron chi connectivity index (χ3n) is 3.20. The molecular formula is C15H20FN3O. The van der Waals surface area contributed by atoms with Crippen molar-refractivity contribution in [2.75, 3.05) is 12.4 Å². The highest BCUT2D eigenvalue weighted by Crippen LogP contribution is 2.22. The molecule has 0 aliphatic heterocycles. The summed E-state index contributed by atoms with van der Waals surface area (Å²) in [6.45, 7) is 5.64. The van der Waals surface area contributed by atoms with Crippen LogP contribution in [0.4, 0.5) is 10.1 Å². The van der Waals surface area contributed by atoms with E-state index in [1.54, 1.807) is 12.1 Å². The SMILES string of the molecule is CCc1cc(CNc2ccc(F)c(OC)c2)n(CC)n1. The van der Waals surface area contributed by atoms with E-state index in [2.05, 4.69) is 30.3 Å². The van der Waals surface area contributed by atoms with Crippen LogP contribution in [0.1, 0.15) is 25.2 Å². The molecule has 1 N–H and O–H groups in total. The van der Waals surface area contributed by atoms with Crippen LogP contribution in [0.2, 0.25) is 0 Å². The minimum Gasteiger partial charge on any atom is -0.494 e. The third-order valence-corrected chi connectivity index (χ3v) is 3.20. The topological polar surface area (TPSA) is 39.1 Å². The molecule has 0 aliphatic rings. The smallest absolute Gasteiger partial charge is 0.165 e. The minimum absolute atomic E-state index is 0.244. The molecule has 0 bridgehead atoms. The molecule has 0 spiro atoms. The molecular weight excluding hydrogens is 257 g/mol. The number of aryl methyl sites for hydroxylation is 2. The van der Waals surface area contributed by atoms with Crippen molar-refractivity contribution in [1.82, 2.24) is 9.78 Å². The lowest BCUT2D eigenvalue weighted by molar-refractivity contribution is 0.387. The lowest BCUT2D eigenvalue weighted by atomic mass is 10.2. The highest BCUT2D eigenvalue weighted by atomic mass is 19.1. The molecule has 20 heavy (non-hydrogen) atoms. The summed E-state index contributed by atoms with van der Waals surface area (Å²) in [5, 5.41) is 7.77. The lowest BCUT2D eigenvalue weighted by Crippen LogP contribution is -2.08. The number of aromatic nitrogens is 2. The Hall–Kier alpha value is -2.04. The maximum Gasteiger partial charge on any atom is 0.165 e. The molecule has 4 nitrogen and oxygen atoms in total. The number of hydrogen-bond acceptors (Lipinski definition) is 3. The van der Waals surface area contributed by atoms with Gasteiger partial charge in [-0.15, -0.1) is 0 Å². The summed E-state index contributed by atoms with van der Waals surface area (Å²) < 4.78 is 20.3. The Morgan fingerprint density at radius 3 is 2.75 bits per heavy atom. The molecule has 0 atom stereocenters. The van der Waals surface area contributed by atoms with Crippen molar-refractivity contribution < 1.29 is 9.13 Å². The van der Waals surface area contributed by atoms with E-state index in [9.17, 15) is 4.39 Å². The van der Waals surface area contributed by atoms with Crippen molar-refractivity contribution in [1.29, 1.82) is 0 Å². The summed E-state index contributed by atoms with van der Waals surface area (Å²) in [5.41, 5.74) is 3.03. The lowest BCUT2D eigenvalue weighted by Gasteiger charge is -2.09. The standard InChI is InChI=1S/C15H20FN3O/c1-4-11-8-13(19(5-2)18-11)10-17-12-6-7-14(16)15(9-12)20-3/h6-9,17H,4-5,10H2,1-3H3. The number of methoxy groups -OCH3 is 1. The van der Waals surface area contributed by atoms with Gasteiger partial charge in [-0.1, -0.05) is 6.92 Å². The van der Waals surface area contributed by atoms with Crippen LogP contribution in [0, 0.1) is 5.82 Å². The predicted octanol–water partition coefficient (Wildman–Crippen LogP) is 3.23. The van der Waals surface area contributed by atoms with Crippen LogP contribution in [0.3, 0.4) is 0 Å². The number of anilines is 1. The normalized spacial score (nSPS) is 10.6. The monoisotopic (exact) mass is 277 g/mol. The molecule has 0 fully saturated rings. The van der Waals surface area contributed by atoms with E-state index in [1.807, 2.05) is 4.68 Å². The number of ether oxygens (including phenoxy) is 1. The van der Waals surface area contributed by atoms with Gasteiger partial charge in [0.1, 0.15) is 0 Å². The fourth-order valence-corrected chi connectivity index (χ4v) is 2.07. The number of benzene rings is 1. The van der Waals surface area contributed by atoms with Crippen molar-refractivity contribution in [2.45, 2.75) is 33.4 Å². The Labute approximate surface area is 118 Å². The molecule has 1 aromatic heterocycles. The summed E-state index contributed by atoms with van der Waals surface area (Å²) in [5.74, 6) is -0.113. The Bertz CT molecular complexity index is 580. The maximum absolute atomic E-state index is 13.3. The molecule has 0 saturated heterocycles. The van der Waals surface area contributed by atoms with Gasteiger partial charge in [0, 0.05) is 18.3 Å². The third kappa shape index (κ3) is 3.10. The van der Waals surface area contributed by atoms with Gasteiger partial charge in [-0.2, -0.15) is 5.10 Å². The van der Waals surface area contributed by atoms with Gasteiger partial charge in [0.25, 0.3) is 0 Å². The molecule has 2 aromatic rings. The molecule has 0 radical (unpaired) electrons. The average Bonchev–Trinajstić information content (AvgIpc) is 2.88. The quantitative estimate of drug-likeness (QED) is 0.881. The number of halogens is 1. The summed E-state index contributed by atoms with van der Waals surface area (Å²) in [6.07, 6.45) is 0.921. The predicted molar refractivity (Wildman–Crippen MR) is 77.6 cm³/mol. The van der Waals surface area contributed by atoms with Crippen molar-refractivity contribution in [2.24, 2.45) is 0 Å². The van der Waals surface area contributed by atoms with Gasteiger partial charge < -0.3 is 10.1 Å². The number of rotatable bonds is 6. The van der Waals surface area contributed by atoms with E-state index in [0.717, 1.165) is 30.0 Å². The average molecular weight is 277 g/mol. The number of nitrogens with zero attached hydrogens (tertiary/aromatic N) is 2. The Morgan fingerprint density at radius 2 is 2.10 bits per heavy atom. The number of nitrogens with one attached hydrogen (secondary N) is 1. The Balaban J connectivity index is 2.10. The number of hydrogen-bond donors (Lipinski definition) is 1. The first-order valence-corrected chi connectivity index (χ1v) is 6.81. The van der Waals surface area contributed by atoms with Gasteiger partial charge in [-0.25, -0.2) is 4.39 Å². The fourth-order valence-electron chi connectivity index (χ4n) is 2.07. The first-order valence-electron chi connectivity index (χ1n) is 6.81. The zero-order valence-corrected chi connectivity index (χ0v) is 12.1. The zero-order valence-electron chi connectivity index (χ0n) is 12.1. The summed E-state index contributed by atoms with van der Waals surface area (Å²) in [4.78, 5) is 0. The van der Waals surface area contributed by atoms with Crippen molar-refractivity contribution in [3.63, 3.8) is 0 Å².